The van der Waals surface area contributed by atoms with Gasteiger partial charge in [-0.3, -0.25) is 4.79 Å². The first-order chi connectivity index (χ1) is 16.6. The highest BCUT2D eigenvalue weighted by atomic mass is 16.5. The number of ether oxygens (including phenoxy) is 3. The van der Waals surface area contributed by atoms with E-state index in [0.717, 1.165) is 30.1 Å². The van der Waals surface area contributed by atoms with Crippen molar-refractivity contribution in [1.29, 1.82) is 0 Å². The van der Waals surface area contributed by atoms with Crippen LogP contribution >= 0.6 is 0 Å². The van der Waals surface area contributed by atoms with Gasteiger partial charge in [-0.05, 0) is 49.4 Å². The highest BCUT2D eigenvalue weighted by Gasteiger charge is 2.24. The molecule has 2 heterocycles. The monoisotopic (exact) mass is 466 g/mol. The Hall–Kier alpha value is -3.82. The van der Waals surface area contributed by atoms with Crippen LogP contribution in [0.5, 0.6) is 17.2 Å². The largest absolute Gasteiger partial charge is 0.495 e. The number of aromatic nitrogens is 4. The Morgan fingerprint density at radius 2 is 1.68 bits per heavy atom. The second-order valence-electron chi connectivity index (χ2n) is 7.71. The summed E-state index contributed by atoms with van der Waals surface area (Å²) in [5.74, 6) is 2.52. The lowest BCUT2D eigenvalue weighted by atomic mass is 10.2. The zero-order valence-electron chi connectivity index (χ0n) is 19.8. The van der Waals surface area contributed by atoms with Gasteiger partial charge >= 0.3 is 0 Å². The van der Waals surface area contributed by atoms with Crippen LogP contribution in [0.1, 0.15) is 13.8 Å². The molecule has 180 valence electrons. The second kappa shape index (κ2) is 10.9. The number of benzene rings is 2. The Morgan fingerprint density at radius 1 is 0.941 bits per heavy atom. The van der Waals surface area contributed by atoms with Gasteiger partial charge in [0, 0.05) is 31.7 Å². The standard InChI is InChI=1S/C24H30N6O4/c1-4-33-21-11-10-18(16-22(21)34-5-2)24-25-27-30(26-24)17-23(31)29-14-12-28(13-15-29)19-8-6-7-9-20(19)32-3/h6-11,16H,4-5,12-15,17H2,1-3H3. The molecule has 0 radical (unpaired) electrons. The molecule has 0 N–H and O–H groups in total. The minimum absolute atomic E-state index is 0.0367. The smallest absolute Gasteiger partial charge is 0.246 e. The summed E-state index contributed by atoms with van der Waals surface area (Å²) in [6.07, 6.45) is 0. The fourth-order valence-electron chi connectivity index (χ4n) is 3.92. The van der Waals surface area contributed by atoms with Crippen molar-refractivity contribution in [2.75, 3.05) is 51.4 Å². The maximum atomic E-state index is 12.9. The third-order valence-electron chi connectivity index (χ3n) is 5.59. The van der Waals surface area contributed by atoms with E-state index in [4.69, 9.17) is 14.2 Å². The summed E-state index contributed by atoms with van der Waals surface area (Å²) in [6, 6.07) is 13.4. The number of piperazine rings is 1. The minimum Gasteiger partial charge on any atom is -0.495 e. The Balaban J connectivity index is 1.37. The lowest BCUT2D eigenvalue weighted by Gasteiger charge is -2.36. The minimum atomic E-state index is -0.0367. The van der Waals surface area contributed by atoms with Crippen LogP contribution in [0, 0.1) is 0 Å². The number of carbonyl (C=O) groups is 1. The molecule has 0 saturated carbocycles. The summed E-state index contributed by atoms with van der Waals surface area (Å²) >= 11 is 0. The maximum Gasteiger partial charge on any atom is 0.246 e. The van der Waals surface area contributed by atoms with E-state index >= 15 is 0 Å². The van der Waals surface area contributed by atoms with E-state index in [-0.39, 0.29) is 12.5 Å². The molecule has 1 amide bonds. The molecule has 3 aromatic rings. The molecule has 1 aliphatic rings. The van der Waals surface area contributed by atoms with Crippen molar-refractivity contribution >= 4 is 11.6 Å². The van der Waals surface area contributed by atoms with Gasteiger partial charge in [0.1, 0.15) is 12.3 Å². The molecule has 1 saturated heterocycles. The maximum absolute atomic E-state index is 12.9. The number of anilines is 1. The third kappa shape index (κ3) is 5.22. The van der Waals surface area contributed by atoms with E-state index in [0.29, 0.717) is 43.6 Å². The van der Waals surface area contributed by atoms with Crippen LogP contribution in [-0.4, -0.2) is 77.5 Å². The summed E-state index contributed by atoms with van der Waals surface area (Å²) in [5, 5.41) is 12.6. The number of hydrogen-bond acceptors (Lipinski definition) is 8. The molecule has 1 aliphatic heterocycles. The van der Waals surface area contributed by atoms with Crippen LogP contribution in [0.2, 0.25) is 0 Å². The van der Waals surface area contributed by atoms with Gasteiger partial charge in [0.05, 0.1) is 26.0 Å². The quantitative estimate of drug-likeness (QED) is 0.475. The molecule has 0 aliphatic carbocycles. The van der Waals surface area contributed by atoms with Gasteiger partial charge in [0.15, 0.2) is 11.5 Å². The summed E-state index contributed by atoms with van der Waals surface area (Å²) in [5.41, 5.74) is 1.79. The Bertz CT molecular complexity index is 1110. The molecule has 4 rings (SSSR count). The first-order valence-electron chi connectivity index (χ1n) is 11.5. The fraction of sp³-hybridized carbons (Fsp3) is 0.417. The molecule has 0 spiro atoms. The molecule has 0 bridgehead atoms. The summed E-state index contributed by atoms with van der Waals surface area (Å²) < 4.78 is 16.8. The summed E-state index contributed by atoms with van der Waals surface area (Å²) in [7, 11) is 1.67. The van der Waals surface area contributed by atoms with Crippen molar-refractivity contribution in [1.82, 2.24) is 25.1 Å². The number of hydrogen-bond donors (Lipinski definition) is 0. The van der Waals surface area contributed by atoms with Gasteiger partial charge in [-0.2, -0.15) is 4.80 Å². The van der Waals surface area contributed by atoms with Gasteiger partial charge in [-0.15, -0.1) is 10.2 Å². The van der Waals surface area contributed by atoms with E-state index in [1.165, 1.54) is 4.80 Å². The lowest BCUT2D eigenvalue weighted by molar-refractivity contribution is -0.132. The molecule has 1 fully saturated rings. The molecular weight excluding hydrogens is 436 g/mol. The molecule has 10 nitrogen and oxygen atoms in total. The lowest BCUT2D eigenvalue weighted by Crippen LogP contribution is -2.49. The number of methoxy groups -OCH3 is 1. The predicted octanol–water partition coefficient (Wildman–Crippen LogP) is 2.49. The normalized spacial score (nSPS) is 13.6. The van der Waals surface area contributed by atoms with E-state index in [2.05, 4.69) is 20.3 Å². The first-order valence-corrected chi connectivity index (χ1v) is 11.5. The van der Waals surface area contributed by atoms with E-state index < -0.39 is 0 Å². The van der Waals surface area contributed by atoms with Crippen molar-refractivity contribution in [3.8, 4) is 28.6 Å². The molecular formula is C24H30N6O4. The molecule has 10 heteroatoms. The highest BCUT2D eigenvalue weighted by Crippen LogP contribution is 2.31. The van der Waals surface area contributed by atoms with Gasteiger partial charge in [-0.25, -0.2) is 0 Å². The summed E-state index contributed by atoms with van der Waals surface area (Å²) in [6.45, 7) is 7.64. The number of carbonyl (C=O) groups excluding carboxylic acids is 1. The average molecular weight is 467 g/mol. The average Bonchev–Trinajstić information content (AvgIpc) is 3.34. The zero-order chi connectivity index (χ0) is 23.9. The van der Waals surface area contributed by atoms with Gasteiger partial charge in [-0.1, -0.05) is 12.1 Å². The zero-order valence-corrected chi connectivity index (χ0v) is 19.8. The van der Waals surface area contributed by atoms with Crippen molar-refractivity contribution in [3.05, 3.63) is 42.5 Å². The van der Waals surface area contributed by atoms with Crippen molar-refractivity contribution in [3.63, 3.8) is 0 Å². The fourth-order valence-corrected chi connectivity index (χ4v) is 3.92. The van der Waals surface area contributed by atoms with Gasteiger partial charge in [0.25, 0.3) is 0 Å². The Morgan fingerprint density at radius 3 is 2.41 bits per heavy atom. The highest BCUT2D eigenvalue weighted by molar-refractivity contribution is 5.76. The van der Waals surface area contributed by atoms with Crippen LogP contribution < -0.4 is 19.1 Å². The number of para-hydroxylation sites is 2. The molecule has 2 aromatic carbocycles. The van der Waals surface area contributed by atoms with Crippen molar-refractivity contribution in [2.45, 2.75) is 20.4 Å². The third-order valence-corrected chi connectivity index (χ3v) is 5.59. The number of nitrogens with zero attached hydrogens (tertiary/aromatic N) is 6. The van der Waals surface area contributed by atoms with Gasteiger partial charge in [0.2, 0.25) is 11.7 Å². The Kier molecular flexibility index (Phi) is 7.46. The Labute approximate surface area is 199 Å². The van der Waals surface area contributed by atoms with Crippen LogP contribution in [0.15, 0.2) is 42.5 Å². The van der Waals surface area contributed by atoms with Crippen molar-refractivity contribution < 1.29 is 19.0 Å². The SMILES string of the molecule is CCOc1ccc(-c2nnn(CC(=O)N3CCN(c4ccccc4OC)CC3)n2)cc1OCC. The second-order valence-corrected chi connectivity index (χ2v) is 7.71. The predicted molar refractivity (Wildman–Crippen MR) is 127 cm³/mol. The molecule has 0 unspecified atom stereocenters. The molecule has 34 heavy (non-hydrogen) atoms. The topological polar surface area (TPSA) is 94.8 Å². The van der Waals surface area contributed by atoms with Crippen LogP contribution in [0.4, 0.5) is 5.69 Å². The van der Waals surface area contributed by atoms with Crippen LogP contribution in [-0.2, 0) is 11.3 Å². The number of rotatable bonds is 9. The van der Waals surface area contributed by atoms with Crippen molar-refractivity contribution in [2.24, 2.45) is 0 Å². The van der Waals surface area contributed by atoms with Crippen LogP contribution in [0.3, 0.4) is 0 Å². The van der Waals surface area contributed by atoms with Gasteiger partial charge < -0.3 is 24.0 Å². The van der Waals surface area contributed by atoms with E-state index in [9.17, 15) is 4.79 Å². The van der Waals surface area contributed by atoms with E-state index in [1.807, 2.05) is 61.2 Å². The van der Waals surface area contributed by atoms with Crippen LogP contribution in [0.25, 0.3) is 11.4 Å². The summed E-state index contributed by atoms with van der Waals surface area (Å²) in [4.78, 5) is 18.3. The van der Waals surface area contributed by atoms with E-state index in [1.54, 1.807) is 7.11 Å². The number of amides is 1. The molecule has 0 atom stereocenters. The first kappa shape index (κ1) is 23.3. The molecule has 1 aromatic heterocycles. The number of tetrazole rings is 1.